The number of hydrogen-bond donors (Lipinski definition) is 0. The number of anilines is 1. The summed E-state index contributed by atoms with van der Waals surface area (Å²) in [5.41, 5.74) is 3.19. The van der Waals surface area contributed by atoms with Crippen LogP contribution in [0.25, 0.3) is 16.2 Å². The number of imidazole rings is 1. The number of thiazole rings is 1. The van der Waals surface area contributed by atoms with Crippen molar-refractivity contribution in [2.75, 3.05) is 38.2 Å². The van der Waals surface area contributed by atoms with Gasteiger partial charge in [0, 0.05) is 55.4 Å². The van der Waals surface area contributed by atoms with Crippen LogP contribution in [0.1, 0.15) is 12.1 Å². The number of amides is 1. The van der Waals surface area contributed by atoms with Crippen LogP contribution in [-0.2, 0) is 11.2 Å². The number of aromatic nitrogens is 2. The molecule has 0 saturated carbocycles. The molecule has 8 heteroatoms. The lowest BCUT2D eigenvalue weighted by molar-refractivity contribution is -0.131. The zero-order valence-corrected chi connectivity index (χ0v) is 19.2. The van der Waals surface area contributed by atoms with Crippen LogP contribution < -0.4 is 9.64 Å². The fraction of sp³-hybridized carbons (Fsp3) is 0.280. The van der Waals surface area contributed by atoms with Gasteiger partial charge in [-0.15, -0.1) is 11.3 Å². The third kappa shape index (κ3) is 4.30. The molecule has 0 unspecified atom stereocenters. The van der Waals surface area contributed by atoms with E-state index in [0.717, 1.165) is 35.2 Å². The first-order chi connectivity index (χ1) is 16.1. The second kappa shape index (κ2) is 9.23. The molecule has 33 heavy (non-hydrogen) atoms. The monoisotopic (exact) mass is 464 g/mol. The summed E-state index contributed by atoms with van der Waals surface area (Å²) in [4.78, 5) is 22.5. The van der Waals surface area contributed by atoms with Gasteiger partial charge in [0.05, 0.1) is 18.5 Å². The molecule has 4 aromatic rings. The SMILES string of the molecule is COc1ccccc1N1CCN(C(=O)CCc2csc3nc(-c4ccccc4F)cn23)CC1. The van der Waals surface area contributed by atoms with Crippen molar-refractivity contribution >= 4 is 27.9 Å². The third-order valence-corrected chi connectivity index (χ3v) is 6.98. The highest BCUT2D eigenvalue weighted by atomic mass is 32.1. The quantitative estimate of drug-likeness (QED) is 0.422. The maximum absolute atomic E-state index is 14.1. The number of ether oxygens (including phenoxy) is 1. The number of carbonyl (C=O) groups excluding carboxylic acids is 1. The molecule has 0 spiro atoms. The summed E-state index contributed by atoms with van der Waals surface area (Å²) in [5, 5.41) is 2.03. The van der Waals surface area contributed by atoms with Crippen molar-refractivity contribution in [3.05, 3.63) is 71.6 Å². The molecule has 0 N–H and O–H groups in total. The Morgan fingerprint density at radius 1 is 1.09 bits per heavy atom. The molecule has 1 aliphatic heterocycles. The van der Waals surface area contributed by atoms with E-state index in [4.69, 9.17) is 4.74 Å². The maximum Gasteiger partial charge on any atom is 0.223 e. The summed E-state index contributed by atoms with van der Waals surface area (Å²) in [6, 6.07) is 14.6. The molecule has 1 aliphatic rings. The van der Waals surface area contributed by atoms with E-state index in [0.29, 0.717) is 37.2 Å². The van der Waals surface area contributed by atoms with E-state index >= 15 is 0 Å². The van der Waals surface area contributed by atoms with Crippen molar-refractivity contribution in [3.8, 4) is 17.0 Å². The minimum absolute atomic E-state index is 0.156. The Labute approximate surface area is 195 Å². The molecule has 1 fully saturated rings. The second-order valence-corrected chi connectivity index (χ2v) is 8.86. The molecule has 0 aliphatic carbocycles. The highest BCUT2D eigenvalue weighted by Crippen LogP contribution is 2.29. The van der Waals surface area contributed by atoms with Gasteiger partial charge in [-0.3, -0.25) is 9.20 Å². The average Bonchev–Trinajstić information content (AvgIpc) is 3.44. The van der Waals surface area contributed by atoms with Crippen molar-refractivity contribution in [2.45, 2.75) is 12.8 Å². The van der Waals surface area contributed by atoms with Gasteiger partial charge >= 0.3 is 0 Å². The summed E-state index contributed by atoms with van der Waals surface area (Å²) in [6.07, 6.45) is 2.92. The van der Waals surface area contributed by atoms with Gasteiger partial charge in [0.25, 0.3) is 0 Å². The topological polar surface area (TPSA) is 50.1 Å². The van der Waals surface area contributed by atoms with Crippen LogP contribution in [0.5, 0.6) is 5.75 Å². The largest absolute Gasteiger partial charge is 0.495 e. The fourth-order valence-corrected chi connectivity index (χ4v) is 5.20. The predicted octanol–water partition coefficient (Wildman–Crippen LogP) is 4.49. The number of para-hydroxylation sites is 2. The minimum Gasteiger partial charge on any atom is -0.495 e. The van der Waals surface area contributed by atoms with Gasteiger partial charge < -0.3 is 14.5 Å². The smallest absolute Gasteiger partial charge is 0.223 e. The molecular formula is C25H25FN4O2S. The van der Waals surface area contributed by atoms with Crippen LogP contribution in [0.4, 0.5) is 10.1 Å². The minimum atomic E-state index is -0.285. The Kier molecular flexibility index (Phi) is 6.00. The number of piperazine rings is 1. The van der Waals surface area contributed by atoms with Gasteiger partial charge in [0.2, 0.25) is 5.91 Å². The summed E-state index contributed by atoms with van der Waals surface area (Å²) in [5.74, 6) is 0.726. The van der Waals surface area contributed by atoms with Crippen LogP contribution in [-0.4, -0.2) is 53.5 Å². The third-order valence-electron chi connectivity index (χ3n) is 6.09. The Balaban J connectivity index is 1.21. The lowest BCUT2D eigenvalue weighted by atomic mass is 10.1. The molecule has 0 atom stereocenters. The van der Waals surface area contributed by atoms with Gasteiger partial charge in [-0.2, -0.15) is 0 Å². The van der Waals surface area contributed by atoms with Gasteiger partial charge in [-0.1, -0.05) is 24.3 Å². The van der Waals surface area contributed by atoms with Crippen molar-refractivity contribution in [1.82, 2.24) is 14.3 Å². The van der Waals surface area contributed by atoms with Crippen LogP contribution in [0, 0.1) is 5.82 Å². The molecule has 0 bridgehead atoms. The van der Waals surface area contributed by atoms with E-state index in [1.54, 1.807) is 25.3 Å². The Morgan fingerprint density at radius 3 is 2.64 bits per heavy atom. The number of fused-ring (bicyclic) bond motifs is 1. The maximum atomic E-state index is 14.1. The van der Waals surface area contributed by atoms with Crippen LogP contribution in [0.2, 0.25) is 0 Å². The summed E-state index contributed by atoms with van der Waals surface area (Å²) in [6.45, 7) is 2.95. The van der Waals surface area contributed by atoms with E-state index in [9.17, 15) is 9.18 Å². The molecular weight excluding hydrogens is 439 g/mol. The zero-order chi connectivity index (χ0) is 22.8. The number of methoxy groups -OCH3 is 1. The van der Waals surface area contributed by atoms with Gasteiger partial charge in [-0.25, -0.2) is 9.37 Å². The fourth-order valence-electron chi connectivity index (χ4n) is 4.29. The second-order valence-electron chi connectivity index (χ2n) is 8.03. The Hall–Kier alpha value is -3.39. The van der Waals surface area contributed by atoms with Gasteiger partial charge in [0.15, 0.2) is 4.96 Å². The molecule has 5 rings (SSSR count). The van der Waals surface area contributed by atoms with Gasteiger partial charge in [0.1, 0.15) is 11.6 Å². The first-order valence-corrected chi connectivity index (χ1v) is 11.9. The molecule has 6 nitrogen and oxygen atoms in total. The van der Waals surface area contributed by atoms with E-state index < -0.39 is 0 Å². The number of aryl methyl sites for hydroxylation is 1. The lowest BCUT2D eigenvalue weighted by Gasteiger charge is -2.36. The van der Waals surface area contributed by atoms with E-state index in [2.05, 4.69) is 16.0 Å². The van der Waals surface area contributed by atoms with Crippen LogP contribution in [0.15, 0.2) is 60.1 Å². The first kappa shape index (κ1) is 21.5. The summed E-state index contributed by atoms with van der Waals surface area (Å²) >= 11 is 1.51. The van der Waals surface area contributed by atoms with E-state index in [1.165, 1.54) is 17.4 Å². The number of hydrogen-bond acceptors (Lipinski definition) is 5. The molecule has 1 saturated heterocycles. The number of rotatable bonds is 6. The standard InChI is InChI=1S/C25H25FN4O2S/c1-32-23-9-5-4-8-22(23)28-12-14-29(15-13-28)24(31)11-10-18-17-33-25-27-21(16-30(18)25)19-6-2-3-7-20(19)26/h2-9,16-17H,10-15H2,1H3. The van der Waals surface area contributed by atoms with Crippen molar-refractivity contribution in [2.24, 2.45) is 0 Å². The predicted molar refractivity (Wildman–Crippen MR) is 129 cm³/mol. The number of halogens is 1. The Morgan fingerprint density at radius 2 is 1.85 bits per heavy atom. The van der Waals surface area contributed by atoms with Crippen molar-refractivity contribution in [3.63, 3.8) is 0 Å². The van der Waals surface area contributed by atoms with Crippen molar-refractivity contribution in [1.29, 1.82) is 0 Å². The van der Waals surface area contributed by atoms with Crippen LogP contribution in [0.3, 0.4) is 0 Å². The van der Waals surface area contributed by atoms with E-state index in [-0.39, 0.29) is 11.7 Å². The normalized spacial score (nSPS) is 14.1. The van der Waals surface area contributed by atoms with Crippen molar-refractivity contribution < 1.29 is 13.9 Å². The van der Waals surface area contributed by atoms with Gasteiger partial charge in [-0.05, 0) is 30.7 Å². The molecule has 0 radical (unpaired) electrons. The first-order valence-electron chi connectivity index (χ1n) is 11.0. The molecule has 2 aromatic carbocycles. The summed E-state index contributed by atoms with van der Waals surface area (Å²) < 4.78 is 21.6. The number of benzene rings is 2. The molecule has 2 aromatic heterocycles. The molecule has 1 amide bonds. The van der Waals surface area contributed by atoms with E-state index in [1.807, 2.05) is 39.1 Å². The highest BCUT2D eigenvalue weighted by molar-refractivity contribution is 7.15. The van der Waals surface area contributed by atoms with Crippen LogP contribution >= 0.6 is 11.3 Å². The Bertz CT molecular complexity index is 1280. The lowest BCUT2D eigenvalue weighted by Crippen LogP contribution is -2.49. The number of nitrogens with zero attached hydrogens (tertiary/aromatic N) is 4. The zero-order valence-electron chi connectivity index (χ0n) is 18.4. The molecule has 170 valence electrons. The number of carbonyl (C=O) groups is 1. The highest BCUT2D eigenvalue weighted by Gasteiger charge is 2.23. The average molecular weight is 465 g/mol. The summed E-state index contributed by atoms with van der Waals surface area (Å²) in [7, 11) is 1.68. The molecule has 3 heterocycles.